The minimum Gasteiger partial charge on any atom is -0.497 e. The van der Waals surface area contributed by atoms with E-state index in [2.05, 4.69) is 17.5 Å². The van der Waals surface area contributed by atoms with E-state index in [1.54, 1.807) is 26.5 Å². The second kappa shape index (κ2) is 13.3. The van der Waals surface area contributed by atoms with E-state index in [0.717, 1.165) is 18.4 Å². The van der Waals surface area contributed by atoms with Crippen molar-refractivity contribution >= 4 is 12.1 Å². The molecule has 0 aliphatic rings. The molecule has 0 saturated heterocycles. The van der Waals surface area contributed by atoms with Gasteiger partial charge in [0, 0.05) is 18.1 Å². The van der Waals surface area contributed by atoms with Gasteiger partial charge in [0.15, 0.2) is 0 Å². The number of nitrogens with one attached hydrogen (secondary N) is 1. The number of benzene rings is 1. The fourth-order valence-electron chi connectivity index (χ4n) is 2.57. The van der Waals surface area contributed by atoms with Gasteiger partial charge in [0.05, 0.1) is 20.4 Å². The molecule has 0 radical (unpaired) electrons. The molecule has 1 aromatic rings. The smallest absolute Gasteiger partial charge is 0.240 e. The zero-order valence-electron chi connectivity index (χ0n) is 15.8. The van der Waals surface area contributed by atoms with E-state index in [1.807, 2.05) is 12.1 Å². The van der Waals surface area contributed by atoms with Crippen LogP contribution >= 0.6 is 0 Å². The van der Waals surface area contributed by atoms with Crippen LogP contribution in [-0.4, -0.2) is 26.3 Å². The van der Waals surface area contributed by atoms with Crippen LogP contribution in [0.15, 0.2) is 23.3 Å². The molecule has 1 aromatic carbocycles. The number of methoxy groups -OCH3 is 2. The SMILES string of the molecule is CCCCCCCCCCC(=O)NN=Cc1ccc(OC)cc1OC. The molecule has 5 nitrogen and oxygen atoms in total. The molecule has 25 heavy (non-hydrogen) atoms. The molecule has 0 spiro atoms. The molecule has 0 atom stereocenters. The van der Waals surface area contributed by atoms with Gasteiger partial charge in [-0.15, -0.1) is 0 Å². The fourth-order valence-corrected chi connectivity index (χ4v) is 2.57. The van der Waals surface area contributed by atoms with Gasteiger partial charge in [0.1, 0.15) is 11.5 Å². The molecule has 0 aliphatic heterocycles. The van der Waals surface area contributed by atoms with Gasteiger partial charge in [0.25, 0.3) is 0 Å². The molecule has 0 aromatic heterocycles. The zero-order valence-corrected chi connectivity index (χ0v) is 15.8. The number of hydrogen-bond donors (Lipinski definition) is 1. The van der Waals surface area contributed by atoms with Crippen molar-refractivity contribution < 1.29 is 14.3 Å². The fraction of sp³-hybridized carbons (Fsp3) is 0.600. The van der Waals surface area contributed by atoms with Gasteiger partial charge in [-0.2, -0.15) is 5.10 Å². The Hall–Kier alpha value is -2.04. The van der Waals surface area contributed by atoms with Gasteiger partial charge in [0.2, 0.25) is 5.91 Å². The molecule has 1 N–H and O–H groups in total. The van der Waals surface area contributed by atoms with E-state index in [1.165, 1.54) is 38.5 Å². The Morgan fingerprint density at radius 3 is 2.36 bits per heavy atom. The molecule has 1 amide bonds. The summed E-state index contributed by atoms with van der Waals surface area (Å²) in [6.07, 6.45) is 11.9. The van der Waals surface area contributed by atoms with E-state index >= 15 is 0 Å². The average molecular weight is 348 g/mol. The summed E-state index contributed by atoms with van der Waals surface area (Å²) in [7, 11) is 3.20. The Morgan fingerprint density at radius 1 is 1.04 bits per heavy atom. The van der Waals surface area contributed by atoms with Crippen molar-refractivity contribution in [3.63, 3.8) is 0 Å². The number of hydrogen-bond acceptors (Lipinski definition) is 4. The molecular weight excluding hydrogens is 316 g/mol. The normalized spacial score (nSPS) is 10.8. The van der Waals surface area contributed by atoms with Gasteiger partial charge in [-0.1, -0.05) is 51.9 Å². The van der Waals surface area contributed by atoms with E-state index in [0.29, 0.717) is 17.9 Å². The summed E-state index contributed by atoms with van der Waals surface area (Å²) in [4.78, 5) is 11.8. The molecule has 0 aliphatic carbocycles. The lowest BCUT2D eigenvalue weighted by molar-refractivity contribution is -0.121. The molecular formula is C20H32N2O3. The maximum atomic E-state index is 11.8. The van der Waals surface area contributed by atoms with Crippen molar-refractivity contribution in [2.45, 2.75) is 64.7 Å². The number of unbranched alkanes of at least 4 members (excludes halogenated alkanes) is 7. The lowest BCUT2D eigenvalue weighted by Crippen LogP contribution is -2.16. The molecule has 5 heteroatoms. The Morgan fingerprint density at radius 2 is 1.72 bits per heavy atom. The molecule has 0 saturated carbocycles. The third-order valence-corrected chi connectivity index (χ3v) is 4.09. The molecule has 0 bridgehead atoms. The summed E-state index contributed by atoms with van der Waals surface area (Å²) in [5.41, 5.74) is 3.36. The van der Waals surface area contributed by atoms with Crippen LogP contribution in [0.25, 0.3) is 0 Å². The third-order valence-electron chi connectivity index (χ3n) is 4.09. The molecule has 0 unspecified atom stereocenters. The van der Waals surface area contributed by atoms with Crippen molar-refractivity contribution in [2.24, 2.45) is 5.10 Å². The van der Waals surface area contributed by atoms with Crippen LogP contribution in [-0.2, 0) is 4.79 Å². The maximum absolute atomic E-state index is 11.8. The Labute approximate surface area is 151 Å². The number of carbonyl (C=O) groups excluding carboxylic acids is 1. The largest absolute Gasteiger partial charge is 0.497 e. The van der Waals surface area contributed by atoms with Gasteiger partial charge in [-0.3, -0.25) is 4.79 Å². The monoisotopic (exact) mass is 348 g/mol. The quantitative estimate of drug-likeness (QED) is 0.320. The van der Waals surface area contributed by atoms with E-state index in [-0.39, 0.29) is 5.91 Å². The van der Waals surface area contributed by atoms with E-state index < -0.39 is 0 Å². The lowest BCUT2D eigenvalue weighted by Gasteiger charge is -2.07. The highest BCUT2D eigenvalue weighted by atomic mass is 16.5. The highest BCUT2D eigenvalue weighted by molar-refractivity contribution is 5.85. The number of hydrazone groups is 1. The van der Waals surface area contributed by atoms with Crippen molar-refractivity contribution in [2.75, 3.05) is 14.2 Å². The van der Waals surface area contributed by atoms with Crippen LogP contribution in [0.4, 0.5) is 0 Å². The van der Waals surface area contributed by atoms with Crippen LogP contribution in [0, 0.1) is 0 Å². The molecule has 0 fully saturated rings. The minimum atomic E-state index is -0.0466. The first-order valence-electron chi connectivity index (χ1n) is 9.25. The van der Waals surface area contributed by atoms with Crippen LogP contribution in [0.1, 0.15) is 70.3 Å². The van der Waals surface area contributed by atoms with Crippen molar-refractivity contribution in [3.05, 3.63) is 23.8 Å². The van der Waals surface area contributed by atoms with Gasteiger partial charge < -0.3 is 9.47 Å². The summed E-state index contributed by atoms with van der Waals surface area (Å²) >= 11 is 0. The third kappa shape index (κ3) is 9.13. The first-order chi connectivity index (χ1) is 12.2. The first-order valence-corrected chi connectivity index (χ1v) is 9.25. The summed E-state index contributed by atoms with van der Waals surface area (Å²) in [5.74, 6) is 1.32. The number of amides is 1. The van der Waals surface area contributed by atoms with Crippen LogP contribution in [0.2, 0.25) is 0 Å². The van der Waals surface area contributed by atoms with Crippen LogP contribution < -0.4 is 14.9 Å². The average Bonchev–Trinajstić information content (AvgIpc) is 2.64. The number of ether oxygens (including phenoxy) is 2. The topological polar surface area (TPSA) is 59.9 Å². The zero-order chi connectivity index (χ0) is 18.3. The van der Waals surface area contributed by atoms with Gasteiger partial charge in [-0.25, -0.2) is 5.43 Å². The second-order valence-electron chi connectivity index (χ2n) is 6.13. The Kier molecular flexibility index (Phi) is 11.2. The van der Waals surface area contributed by atoms with Crippen LogP contribution in [0.5, 0.6) is 11.5 Å². The van der Waals surface area contributed by atoms with Crippen molar-refractivity contribution in [1.29, 1.82) is 0 Å². The number of rotatable bonds is 13. The maximum Gasteiger partial charge on any atom is 0.240 e. The standard InChI is InChI=1S/C20H32N2O3/c1-4-5-6-7-8-9-10-11-12-20(23)22-21-16-17-13-14-18(24-2)15-19(17)25-3/h13-16H,4-12H2,1-3H3,(H,22,23). The molecule has 1 rings (SSSR count). The highest BCUT2D eigenvalue weighted by Crippen LogP contribution is 2.22. The summed E-state index contributed by atoms with van der Waals surface area (Å²) in [5, 5.41) is 4.01. The minimum absolute atomic E-state index is 0.0466. The van der Waals surface area contributed by atoms with Crippen LogP contribution in [0.3, 0.4) is 0 Å². The number of carbonyl (C=O) groups is 1. The Bertz CT molecular complexity index is 530. The van der Waals surface area contributed by atoms with E-state index in [4.69, 9.17) is 9.47 Å². The molecule has 0 heterocycles. The van der Waals surface area contributed by atoms with Crippen molar-refractivity contribution in [3.8, 4) is 11.5 Å². The summed E-state index contributed by atoms with van der Waals surface area (Å²) in [6, 6.07) is 5.45. The lowest BCUT2D eigenvalue weighted by atomic mass is 10.1. The number of nitrogens with zero attached hydrogens (tertiary/aromatic N) is 1. The van der Waals surface area contributed by atoms with Crippen molar-refractivity contribution in [1.82, 2.24) is 5.43 Å². The predicted molar refractivity (Wildman–Crippen MR) is 103 cm³/mol. The second-order valence-corrected chi connectivity index (χ2v) is 6.13. The highest BCUT2D eigenvalue weighted by Gasteiger charge is 2.03. The summed E-state index contributed by atoms with van der Waals surface area (Å²) in [6.45, 7) is 2.23. The summed E-state index contributed by atoms with van der Waals surface area (Å²) < 4.78 is 10.4. The van der Waals surface area contributed by atoms with E-state index in [9.17, 15) is 4.79 Å². The van der Waals surface area contributed by atoms with Gasteiger partial charge >= 0.3 is 0 Å². The van der Waals surface area contributed by atoms with Gasteiger partial charge in [-0.05, 0) is 18.6 Å². The molecule has 140 valence electrons. The first kappa shape index (κ1) is 21.0. The Balaban J connectivity index is 2.22. The predicted octanol–water partition coefficient (Wildman–Crippen LogP) is 4.68.